The van der Waals surface area contributed by atoms with Gasteiger partial charge in [0.1, 0.15) is 24.9 Å². The Kier molecular flexibility index (Phi) is 6.37. The van der Waals surface area contributed by atoms with E-state index in [9.17, 15) is 24.9 Å². The zero-order valence-corrected chi connectivity index (χ0v) is 15.0. The number of ether oxygens (including phenoxy) is 3. The molecule has 140 valence electrons. The van der Waals surface area contributed by atoms with Gasteiger partial charge in [-0.3, -0.25) is 9.59 Å². The van der Waals surface area contributed by atoms with E-state index in [-0.39, 0.29) is 6.61 Å². The summed E-state index contributed by atoms with van der Waals surface area (Å²) in [4.78, 5) is 23.8. The zero-order chi connectivity index (χ0) is 18.9. The van der Waals surface area contributed by atoms with Crippen LogP contribution in [-0.4, -0.2) is 64.6 Å². The molecule has 1 aliphatic rings. The van der Waals surface area contributed by atoms with Gasteiger partial charge in [0.15, 0.2) is 12.4 Å². The first-order valence-electron chi connectivity index (χ1n) is 7.83. The van der Waals surface area contributed by atoms with Crippen molar-refractivity contribution < 1.29 is 39.1 Å². The van der Waals surface area contributed by atoms with Gasteiger partial charge >= 0.3 is 11.9 Å². The van der Waals surface area contributed by atoms with Crippen molar-refractivity contribution in [3.05, 3.63) is 0 Å². The van der Waals surface area contributed by atoms with Crippen molar-refractivity contribution in [2.45, 2.75) is 72.2 Å². The lowest BCUT2D eigenvalue weighted by Crippen LogP contribution is -2.60. The molecule has 3 unspecified atom stereocenters. The summed E-state index contributed by atoms with van der Waals surface area (Å²) >= 11 is 0. The molecule has 0 amide bonds. The minimum atomic E-state index is -1.68. The SMILES string of the molecule is CC(C)(C)C(=O)OCC1O[C@H](O)C(O)C(OC(=O)C(C)(C)C)[C@@H]1O. The van der Waals surface area contributed by atoms with Gasteiger partial charge in [0.25, 0.3) is 0 Å². The topological polar surface area (TPSA) is 123 Å². The molecule has 1 fully saturated rings. The van der Waals surface area contributed by atoms with Crippen LogP contribution in [0.5, 0.6) is 0 Å². The van der Waals surface area contributed by atoms with E-state index in [0.29, 0.717) is 0 Å². The van der Waals surface area contributed by atoms with E-state index in [2.05, 4.69) is 0 Å². The van der Waals surface area contributed by atoms with Crippen LogP contribution in [0.4, 0.5) is 0 Å². The number of hydrogen-bond donors (Lipinski definition) is 3. The Morgan fingerprint density at radius 3 is 1.88 bits per heavy atom. The minimum Gasteiger partial charge on any atom is -0.462 e. The van der Waals surface area contributed by atoms with E-state index in [1.165, 1.54) is 0 Å². The van der Waals surface area contributed by atoms with Crippen molar-refractivity contribution in [1.29, 1.82) is 0 Å². The van der Waals surface area contributed by atoms with Crippen molar-refractivity contribution >= 4 is 11.9 Å². The van der Waals surface area contributed by atoms with Gasteiger partial charge in [-0.25, -0.2) is 0 Å². The smallest absolute Gasteiger partial charge is 0.311 e. The van der Waals surface area contributed by atoms with Crippen LogP contribution < -0.4 is 0 Å². The summed E-state index contributed by atoms with van der Waals surface area (Å²) in [6.07, 6.45) is -7.26. The first kappa shape index (κ1) is 20.8. The Labute approximate surface area is 141 Å². The van der Waals surface area contributed by atoms with Crippen LogP contribution in [-0.2, 0) is 23.8 Å². The first-order chi connectivity index (χ1) is 10.7. The maximum Gasteiger partial charge on any atom is 0.311 e. The molecular weight excluding hydrogens is 320 g/mol. The van der Waals surface area contributed by atoms with Gasteiger partial charge in [-0.2, -0.15) is 0 Å². The maximum absolute atomic E-state index is 12.0. The summed E-state index contributed by atoms with van der Waals surface area (Å²) in [6, 6.07) is 0. The van der Waals surface area contributed by atoms with Gasteiger partial charge in [0.2, 0.25) is 0 Å². The van der Waals surface area contributed by atoms with Crippen LogP contribution in [0.25, 0.3) is 0 Å². The highest BCUT2D eigenvalue weighted by atomic mass is 16.7. The quantitative estimate of drug-likeness (QED) is 0.608. The first-order valence-corrected chi connectivity index (χ1v) is 7.83. The molecule has 0 bridgehead atoms. The predicted octanol–water partition coefficient (Wildman–Crippen LogP) is -0.0274. The maximum atomic E-state index is 12.0. The second-order valence-electron chi connectivity index (χ2n) is 8.01. The largest absolute Gasteiger partial charge is 0.462 e. The van der Waals surface area contributed by atoms with Crippen LogP contribution in [0.15, 0.2) is 0 Å². The van der Waals surface area contributed by atoms with Crippen LogP contribution in [0.3, 0.4) is 0 Å². The molecule has 0 aromatic rings. The van der Waals surface area contributed by atoms with Crippen molar-refractivity contribution in [1.82, 2.24) is 0 Å². The lowest BCUT2D eigenvalue weighted by Gasteiger charge is -2.40. The highest BCUT2D eigenvalue weighted by Gasteiger charge is 2.47. The van der Waals surface area contributed by atoms with Crippen molar-refractivity contribution in [2.75, 3.05) is 6.61 Å². The summed E-state index contributed by atoms with van der Waals surface area (Å²) in [5, 5.41) is 30.0. The fourth-order valence-electron chi connectivity index (χ4n) is 1.87. The molecule has 0 aliphatic carbocycles. The van der Waals surface area contributed by atoms with Crippen molar-refractivity contribution in [3.8, 4) is 0 Å². The minimum absolute atomic E-state index is 0.343. The van der Waals surface area contributed by atoms with Gasteiger partial charge in [-0.15, -0.1) is 0 Å². The monoisotopic (exact) mass is 348 g/mol. The number of aliphatic hydroxyl groups is 3. The highest BCUT2D eigenvalue weighted by Crippen LogP contribution is 2.26. The summed E-state index contributed by atoms with van der Waals surface area (Å²) < 4.78 is 15.3. The Morgan fingerprint density at radius 1 is 0.917 bits per heavy atom. The van der Waals surface area contributed by atoms with Crippen molar-refractivity contribution in [2.24, 2.45) is 10.8 Å². The predicted molar refractivity (Wildman–Crippen MR) is 82.6 cm³/mol. The molecule has 0 saturated carbocycles. The fourth-order valence-corrected chi connectivity index (χ4v) is 1.87. The number of aliphatic hydroxyl groups excluding tert-OH is 3. The molecule has 0 radical (unpaired) electrons. The Bertz CT molecular complexity index is 462. The number of hydrogen-bond acceptors (Lipinski definition) is 8. The summed E-state index contributed by atoms with van der Waals surface area (Å²) in [5.74, 6) is -1.16. The molecule has 5 atom stereocenters. The average molecular weight is 348 g/mol. The summed E-state index contributed by atoms with van der Waals surface area (Å²) in [7, 11) is 0. The third kappa shape index (κ3) is 5.14. The second-order valence-corrected chi connectivity index (χ2v) is 8.01. The lowest BCUT2D eigenvalue weighted by atomic mass is 9.95. The van der Waals surface area contributed by atoms with Gasteiger partial charge in [-0.05, 0) is 41.5 Å². The molecule has 8 heteroatoms. The Hall–Kier alpha value is -1.22. The van der Waals surface area contributed by atoms with Crippen LogP contribution in [0.2, 0.25) is 0 Å². The Balaban J connectivity index is 2.79. The molecule has 1 rings (SSSR count). The normalized spacial score (nSPS) is 31.5. The van der Waals surface area contributed by atoms with Gasteiger partial charge in [0.05, 0.1) is 10.8 Å². The number of rotatable bonds is 3. The standard InChI is InChI=1S/C16H28O8/c1-15(2,3)13(20)22-7-8-9(17)11(10(18)12(19)23-8)24-14(21)16(4,5)6/h8-12,17-19H,7H2,1-6H3/t8?,9-,10?,11?,12+/m1/s1. The molecule has 8 nitrogen and oxygen atoms in total. The summed E-state index contributed by atoms with van der Waals surface area (Å²) in [6.45, 7) is 9.51. The molecular formula is C16H28O8. The van der Waals surface area contributed by atoms with Gasteiger partial charge in [-0.1, -0.05) is 0 Å². The van der Waals surface area contributed by atoms with E-state index in [1.807, 2.05) is 0 Å². The molecule has 0 aromatic heterocycles. The van der Waals surface area contributed by atoms with E-state index >= 15 is 0 Å². The fraction of sp³-hybridized carbons (Fsp3) is 0.875. The van der Waals surface area contributed by atoms with E-state index in [0.717, 1.165) is 0 Å². The van der Waals surface area contributed by atoms with E-state index in [4.69, 9.17) is 14.2 Å². The van der Waals surface area contributed by atoms with Crippen molar-refractivity contribution in [3.63, 3.8) is 0 Å². The third-order valence-electron chi connectivity index (χ3n) is 3.51. The highest BCUT2D eigenvalue weighted by molar-refractivity contribution is 5.76. The van der Waals surface area contributed by atoms with Gasteiger partial charge in [0, 0.05) is 0 Å². The lowest BCUT2D eigenvalue weighted by molar-refractivity contribution is -0.292. The molecule has 3 N–H and O–H groups in total. The van der Waals surface area contributed by atoms with Crippen LogP contribution in [0.1, 0.15) is 41.5 Å². The number of carbonyl (C=O) groups is 2. The molecule has 1 aliphatic heterocycles. The van der Waals surface area contributed by atoms with Gasteiger partial charge < -0.3 is 29.5 Å². The molecule has 0 aromatic carbocycles. The molecule has 1 saturated heterocycles. The van der Waals surface area contributed by atoms with Crippen LogP contribution in [0, 0.1) is 10.8 Å². The Morgan fingerprint density at radius 2 is 1.42 bits per heavy atom. The molecule has 1 heterocycles. The van der Waals surface area contributed by atoms with E-state index in [1.54, 1.807) is 41.5 Å². The average Bonchev–Trinajstić information content (AvgIpc) is 2.43. The number of carbonyl (C=O) groups excluding carboxylic acids is 2. The zero-order valence-electron chi connectivity index (χ0n) is 15.0. The molecule has 24 heavy (non-hydrogen) atoms. The second kappa shape index (κ2) is 7.35. The summed E-state index contributed by atoms with van der Waals surface area (Å²) in [5.41, 5.74) is -1.59. The van der Waals surface area contributed by atoms with E-state index < -0.39 is 53.5 Å². The number of esters is 2. The molecule has 0 spiro atoms. The third-order valence-corrected chi connectivity index (χ3v) is 3.51. The van der Waals surface area contributed by atoms with Crippen LogP contribution >= 0.6 is 0 Å².